The molecule has 3 aromatic rings. The van der Waals surface area contributed by atoms with Crippen LogP contribution in [-0.2, 0) is 0 Å². The van der Waals surface area contributed by atoms with Crippen LogP contribution in [0.1, 0.15) is 16.7 Å². The minimum Gasteiger partial charge on any atom is -0.506 e. The van der Waals surface area contributed by atoms with Gasteiger partial charge in [-0.25, -0.2) is 4.79 Å². The predicted molar refractivity (Wildman–Crippen MR) is 87.3 cm³/mol. The molecule has 0 aliphatic heterocycles. The molecule has 1 N–H and O–H groups in total. The average Bonchev–Trinajstić information content (AvgIpc) is 2.46. The summed E-state index contributed by atoms with van der Waals surface area (Å²) in [4.78, 5) is 16.3. The Morgan fingerprint density at radius 3 is 2.50 bits per heavy atom. The topological polar surface area (TPSA) is 62.8 Å². The van der Waals surface area contributed by atoms with E-state index in [1.807, 2.05) is 32.0 Å². The van der Waals surface area contributed by atoms with Crippen LogP contribution >= 0.6 is 0 Å². The minimum atomic E-state index is -0.607. The third-order valence-corrected chi connectivity index (χ3v) is 3.37. The van der Waals surface area contributed by atoms with Crippen LogP contribution in [0.4, 0.5) is 5.69 Å². The molecule has 0 saturated heterocycles. The molecule has 0 saturated carbocycles. The molecule has 0 amide bonds. The van der Waals surface area contributed by atoms with Crippen molar-refractivity contribution >= 4 is 22.9 Å². The van der Waals surface area contributed by atoms with E-state index in [-0.39, 0.29) is 11.3 Å². The largest absolute Gasteiger partial charge is 0.506 e. The Balaban J connectivity index is 2.10. The van der Waals surface area contributed by atoms with Crippen molar-refractivity contribution in [3.05, 3.63) is 69.6 Å². The fourth-order valence-electron chi connectivity index (χ4n) is 2.43. The highest BCUT2D eigenvalue weighted by Crippen LogP contribution is 2.25. The smallest absolute Gasteiger partial charge is 0.348 e. The van der Waals surface area contributed by atoms with Gasteiger partial charge in [-0.3, -0.25) is 4.99 Å². The maximum atomic E-state index is 12.0. The third kappa shape index (κ3) is 2.63. The number of aryl methyl sites for hydroxylation is 2. The molecule has 22 heavy (non-hydrogen) atoms. The van der Waals surface area contributed by atoms with Crippen LogP contribution in [0.2, 0.25) is 0 Å². The number of aromatic hydroxyl groups is 1. The van der Waals surface area contributed by atoms with Crippen LogP contribution in [0, 0.1) is 13.8 Å². The van der Waals surface area contributed by atoms with E-state index in [0.29, 0.717) is 11.0 Å². The van der Waals surface area contributed by atoms with Gasteiger partial charge in [0.2, 0.25) is 0 Å². The Hall–Kier alpha value is -2.88. The SMILES string of the molecule is Cc1cc(C)cc(N=Cc2c(O)c3ccccc3oc2=O)c1. The van der Waals surface area contributed by atoms with Gasteiger partial charge in [-0.15, -0.1) is 0 Å². The molecule has 0 bridgehead atoms. The maximum absolute atomic E-state index is 12.0. The van der Waals surface area contributed by atoms with Crippen molar-refractivity contribution in [2.75, 3.05) is 0 Å². The van der Waals surface area contributed by atoms with E-state index in [0.717, 1.165) is 16.8 Å². The van der Waals surface area contributed by atoms with Crippen molar-refractivity contribution in [3.63, 3.8) is 0 Å². The lowest BCUT2D eigenvalue weighted by molar-refractivity contribution is 0.466. The molecule has 4 heteroatoms. The summed E-state index contributed by atoms with van der Waals surface area (Å²) in [5.41, 5.74) is 2.70. The molecule has 0 fully saturated rings. The molecule has 4 nitrogen and oxygen atoms in total. The molecule has 1 heterocycles. The van der Waals surface area contributed by atoms with Crippen LogP contribution in [0.15, 0.2) is 56.7 Å². The summed E-state index contributed by atoms with van der Waals surface area (Å²) in [7, 11) is 0. The number of hydrogen-bond donors (Lipinski definition) is 1. The summed E-state index contributed by atoms with van der Waals surface area (Å²) in [5, 5.41) is 10.8. The lowest BCUT2D eigenvalue weighted by Crippen LogP contribution is -2.06. The standard InChI is InChI=1S/C18H15NO3/c1-11-7-12(2)9-13(8-11)19-10-15-17(20)14-5-3-4-6-16(14)22-18(15)21/h3-10,20H,1-2H3. The lowest BCUT2D eigenvalue weighted by atomic mass is 10.1. The molecule has 0 aliphatic rings. The maximum Gasteiger partial charge on any atom is 0.348 e. The lowest BCUT2D eigenvalue weighted by Gasteiger charge is -2.03. The van der Waals surface area contributed by atoms with Gasteiger partial charge in [-0.1, -0.05) is 18.2 Å². The molecule has 0 radical (unpaired) electrons. The van der Waals surface area contributed by atoms with E-state index >= 15 is 0 Å². The summed E-state index contributed by atoms with van der Waals surface area (Å²) < 4.78 is 5.20. The number of hydrogen-bond acceptors (Lipinski definition) is 4. The Labute approximate surface area is 127 Å². The fraction of sp³-hybridized carbons (Fsp3) is 0.111. The summed E-state index contributed by atoms with van der Waals surface area (Å²) in [6.45, 7) is 3.96. The molecular weight excluding hydrogens is 278 g/mol. The molecule has 1 aromatic heterocycles. The zero-order valence-electron chi connectivity index (χ0n) is 12.3. The summed E-state index contributed by atoms with van der Waals surface area (Å²) in [6.07, 6.45) is 1.35. The zero-order valence-corrected chi connectivity index (χ0v) is 12.3. The van der Waals surface area contributed by atoms with E-state index in [4.69, 9.17) is 4.42 Å². The zero-order chi connectivity index (χ0) is 15.7. The first kappa shape index (κ1) is 14.1. The van der Waals surface area contributed by atoms with Crippen molar-refractivity contribution in [2.24, 2.45) is 4.99 Å². The first-order chi connectivity index (χ1) is 10.5. The molecule has 0 atom stereocenters. The van der Waals surface area contributed by atoms with Gasteiger partial charge in [0, 0.05) is 6.21 Å². The van der Waals surface area contributed by atoms with E-state index in [9.17, 15) is 9.90 Å². The van der Waals surface area contributed by atoms with Gasteiger partial charge < -0.3 is 9.52 Å². The second kappa shape index (κ2) is 5.48. The Morgan fingerprint density at radius 2 is 1.77 bits per heavy atom. The summed E-state index contributed by atoms with van der Waals surface area (Å²) in [5.74, 6) is -0.111. The quantitative estimate of drug-likeness (QED) is 0.576. The number of aliphatic imine (C=N–C) groups is 1. The Kier molecular flexibility index (Phi) is 3.51. The fourth-order valence-corrected chi connectivity index (χ4v) is 2.43. The van der Waals surface area contributed by atoms with E-state index < -0.39 is 5.63 Å². The molecular formula is C18H15NO3. The number of fused-ring (bicyclic) bond motifs is 1. The van der Waals surface area contributed by atoms with Gasteiger partial charge in [0.25, 0.3) is 0 Å². The third-order valence-electron chi connectivity index (χ3n) is 3.37. The first-order valence-corrected chi connectivity index (χ1v) is 6.92. The molecule has 0 unspecified atom stereocenters. The van der Waals surface area contributed by atoms with Crippen molar-refractivity contribution in [1.82, 2.24) is 0 Å². The first-order valence-electron chi connectivity index (χ1n) is 6.92. The van der Waals surface area contributed by atoms with E-state index in [1.54, 1.807) is 24.3 Å². The van der Waals surface area contributed by atoms with Gasteiger partial charge in [-0.05, 0) is 49.2 Å². The van der Waals surface area contributed by atoms with Crippen molar-refractivity contribution in [1.29, 1.82) is 0 Å². The normalized spacial score (nSPS) is 11.4. The van der Waals surface area contributed by atoms with Crippen molar-refractivity contribution < 1.29 is 9.52 Å². The highest BCUT2D eigenvalue weighted by Gasteiger charge is 2.11. The van der Waals surface area contributed by atoms with Crippen LogP contribution in [0.3, 0.4) is 0 Å². The monoisotopic (exact) mass is 293 g/mol. The minimum absolute atomic E-state index is 0.0536. The van der Waals surface area contributed by atoms with Gasteiger partial charge in [0.05, 0.1) is 11.1 Å². The molecule has 110 valence electrons. The Bertz CT molecular complexity index is 918. The van der Waals surface area contributed by atoms with Crippen LogP contribution in [0.5, 0.6) is 5.75 Å². The summed E-state index contributed by atoms with van der Waals surface area (Å²) in [6, 6.07) is 12.7. The highest BCUT2D eigenvalue weighted by atomic mass is 16.4. The van der Waals surface area contributed by atoms with Crippen LogP contribution < -0.4 is 5.63 Å². The molecule has 3 rings (SSSR count). The van der Waals surface area contributed by atoms with E-state index in [2.05, 4.69) is 4.99 Å². The highest BCUT2D eigenvalue weighted by molar-refractivity contribution is 5.94. The molecule has 0 spiro atoms. The number of nitrogens with zero attached hydrogens (tertiary/aromatic N) is 1. The predicted octanol–water partition coefficient (Wildman–Crippen LogP) is 3.87. The van der Waals surface area contributed by atoms with E-state index in [1.165, 1.54) is 6.21 Å². The summed E-state index contributed by atoms with van der Waals surface area (Å²) >= 11 is 0. The van der Waals surface area contributed by atoms with Gasteiger partial charge in [0.15, 0.2) is 0 Å². The van der Waals surface area contributed by atoms with Crippen LogP contribution in [-0.4, -0.2) is 11.3 Å². The van der Waals surface area contributed by atoms with Gasteiger partial charge in [0.1, 0.15) is 16.9 Å². The van der Waals surface area contributed by atoms with Crippen molar-refractivity contribution in [3.8, 4) is 5.75 Å². The number of rotatable bonds is 2. The molecule has 0 aliphatic carbocycles. The number of benzene rings is 2. The van der Waals surface area contributed by atoms with Crippen LogP contribution in [0.25, 0.3) is 11.0 Å². The second-order valence-electron chi connectivity index (χ2n) is 5.25. The van der Waals surface area contributed by atoms with Gasteiger partial charge in [-0.2, -0.15) is 0 Å². The number of para-hydroxylation sites is 1. The second-order valence-corrected chi connectivity index (χ2v) is 5.25. The van der Waals surface area contributed by atoms with Crippen molar-refractivity contribution in [2.45, 2.75) is 13.8 Å². The van der Waals surface area contributed by atoms with Gasteiger partial charge >= 0.3 is 5.63 Å². The molecule has 2 aromatic carbocycles. The Morgan fingerprint density at radius 1 is 1.09 bits per heavy atom. The average molecular weight is 293 g/mol.